The Balaban J connectivity index is 2.42. The van der Waals surface area contributed by atoms with Gasteiger partial charge >= 0.3 is 6.03 Å². The van der Waals surface area contributed by atoms with E-state index in [9.17, 15) is 24.6 Å². The van der Waals surface area contributed by atoms with Crippen molar-refractivity contribution in [1.82, 2.24) is 9.80 Å². The number of hydrogen-bond acceptors (Lipinski definition) is 7. The van der Waals surface area contributed by atoms with Gasteiger partial charge in [-0.1, -0.05) is 5.92 Å². The van der Waals surface area contributed by atoms with Crippen molar-refractivity contribution in [1.29, 1.82) is 0 Å². The number of aliphatic hydroxyl groups excluding tert-OH is 2. The van der Waals surface area contributed by atoms with Crippen molar-refractivity contribution in [2.75, 3.05) is 13.2 Å². The van der Waals surface area contributed by atoms with E-state index in [0.29, 0.717) is 0 Å². The summed E-state index contributed by atoms with van der Waals surface area (Å²) < 4.78 is 5.46. The van der Waals surface area contributed by atoms with E-state index in [0.717, 1.165) is 16.7 Å². The predicted octanol–water partition coefficient (Wildman–Crippen LogP) is -1.77. The van der Waals surface area contributed by atoms with Gasteiger partial charge in [-0.15, -0.1) is 6.42 Å². The highest BCUT2D eigenvalue weighted by Gasteiger charge is 2.55. The number of Topliss-reactive ketones (excluding diaryl/α,β-unsaturated/α-hetero) is 1. The number of terminal acetylenes is 1. The molecule has 0 aromatic carbocycles. The Kier molecular flexibility index (Phi) is 4.96. The number of ether oxygens (including phenoxy) is 1. The highest BCUT2D eigenvalue weighted by Crippen LogP contribution is 2.35. The number of carbonyl (C=O) groups excluding carboxylic acids is 3. The fourth-order valence-corrected chi connectivity index (χ4v) is 3.09. The maximum atomic E-state index is 12.6. The quantitative estimate of drug-likeness (QED) is 0.518. The van der Waals surface area contributed by atoms with E-state index >= 15 is 0 Å². The molecular formula is C15H21N3O6. The molecule has 5 atom stereocenters. The first-order valence-corrected chi connectivity index (χ1v) is 7.48. The third-order valence-electron chi connectivity index (χ3n) is 4.61. The topological polar surface area (TPSA) is 133 Å². The van der Waals surface area contributed by atoms with Gasteiger partial charge in [0.1, 0.15) is 23.9 Å². The molecule has 2 heterocycles. The first-order chi connectivity index (χ1) is 11.2. The summed E-state index contributed by atoms with van der Waals surface area (Å²) in [6, 6.07) is -0.752. The minimum Gasteiger partial charge on any atom is -0.394 e. The Hall–Kier alpha value is -1.99. The first-order valence-electron chi connectivity index (χ1n) is 7.48. The van der Waals surface area contributed by atoms with Crippen molar-refractivity contribution >= 4 is 17.7 Å². The van der Waals surface area contributed by atoms with Gasteiger partial charge in [0.15, 0.2) is 5.78 Å². The predicted molar refractivity (Wildman–Crippen MR) is 80.9 cm³/mol. The third kappa shape index (κ3) is 2.67. The molecule has 0 aromatic heterocycles. The standard InChI is InChI=1S/C15H21N3O6/c1-4-15(8(2)20)7-17(12-5-10(22)11(6-19)24-12)14(23)18(9(3)21)13(15)16/h1,10-13,19,22H,5-7,16H2,2-3H3/t10?,11-,12-,13?,15?/m1/s1. The molecule has 9 nitrogen and oxygen atoms in total. The van der Waals surface area contributed by atoms with Crippen molar-refractivity contribution in [3.63, 3.8) is 0 Å². The molecule has 3 unspecified atom stereocenters. The highest BCUT2D eigenvalue weighted by atomic mass is 16.5. The smallest absolute Gasteiger partial charge is 0.330 e. The summed E-state index contributed by atoms with van der Waals surface area (Å²) in [5.41, 5.74) is 4.39. The van der Waals surface area contributed by atoms with Crippen LogP contribution in [0.15, 0.2) is 0 Å². The molecule has 2 rings (SSSR count). The summed E-state index contributed by atoms with van der Waals surface area (Å²) in [7, 11) is 0. The molecule has 2 aliphatic rings. The van der Waals surface area contributed by atoms with Crippen LogP contribution in [0, 0.1) is 17.8 Å². The SMILES string of the molecule is C#CC1(C(C)=O)CN([C@H]2CC(O)[C@@H](CO)O2)C(=O)N(C(C)=O)C1N. The van der Waals surface area contributed by atoms with Crippen LogP contribution in [0.1, 0.15) is 20.3 Å². The largest absolute Gasteiger partial charge is 0.394 e. The number of amides is 3. The van der Waals surface area contributed by atoms with Crippen LogP contribution in [0.5, 0.6) is 0 Å². The molecule has 0 aromatic rings. The summed E-state index contributed by atoms with van der Waals surface area (Å²) in [4.78, 5) is 38.5. The maximum absolute atomic E-state index is 12.6. The van der Waals surface area contributed by atoms with Gasteiger partial charge in [0, 0.05) is 13.3 Å². The molecule has 24 heavy (non-hydrogen) atoms. The third-order valence-corrected chi connectivity index (χ3v) is 4.61. The lowest BCUT2D eigenvalue weighted by atomic mass is 9.78. The fraction of sp³-hybridized carbons (Fsp3) is 0.667. The van der Waals surface area contributed by atoms with Gasteiger partial charge < -0.3 is 20.7 Å². The van der Waals surface area contributed by atoms with Gasteiger partial charge in [-0.2, -0.15) is 0 Å². The molecule has 2 fully saturated rings. The average Bonchev–Trinajstić information content (AvgIpc) is 2.88. The molecule has 0 aliphatic carbocycles. The molecule has 4 N–H and O–H groups in total. The van der Waals surface area contributed by atoms with Crippen LogP contribution in [-0.4, -0.2) is 75.5 Å². The van der Waals surface area contributed by atoms with Gasteiger partial charge in [-0.05, 0) is 6.92 Å². The Morgan fingerprint density at radius 2 is 2.12 bits per heavy atom. The van der Waals surface area contributed by atoms with Gasteiger partial charge in [-0.3, -0.25) is 14.5 Å². The van der Waals surface area contributed by atoms with Crippen molar-refractivity contribution in [3.8, 4) is 12.3 Å². The molecule has 132 valence electrons. The lowest BCUT2D eigenvalue weighted by Gasteiger charge is -2.48. The van der Waals surface area contributed by atoms with Crippen molar-refractivity contribution in [2.24, 2.45) is 11.1 Å². The highest BCUT2D eigenvalue weighted by molar-refractivity contribution is 5.98. The number of nitrogens with zero attached hydrogens (tertiary/aromatic N) is 2. The summed E-state index contributed by atoms with van der Waals surface area (Å²) in [5.74, 6) is 1.22. The van der Waals surface area contributed by atoms with Crippen LogP contribution in [0.2, 0.25) is 0 Å². The summed E-state index contributed by atoms with van der Waals surface area (Å²) in [6.07, 6.45) is 1.49. The van der Waals surface area contributed by atoms with Crippen LogP contribution < -0.4 is 5.73 Å². The normalized spacial score (nSPS) is 36.6. The minimum atomic E-state index is -1.58. The first kappa shape index (κ1) is 18.4. The number of aliphatic hydroxyl groups is 2. The molecule has 0 bridgehead atoms. The van der Waals surface area contributed by atoms with E-state index in [2.05, 4.69) is 5.92 Å². The number of ketones is 1. The molecule has 2 saturated heterocycles. The van der Waals surface area contributed by atoms with Crippen molar-refractivity contribution in [2.45, 2.75) is 44.9 Å². The monoisotopic (exact) mass is 339 g/mol. The number of hydrogen-bond donors (Lipinski definition) is 3. The zero-order chi connectivity index (χ0) is 18.2. The Labute approximate surface area is 139 Å². The zero-order valence-corrected chi connectivity index (χ0v) is 13.5. The molecule has 9 heteroatoms. The second-order valence-corrected chi connectivity index (χ2v) is 6.03. The number of carbonyl (C=O) groups is 3. The van der Waals surface area contributed by atoms with Crippen molar-refractivity contribution < 1.29 is 29.3 Å². The number of nitrogens with two attached hydrogens (primary N) is 1. The van der Waals surface area contributed by atoms with E-state index in [-0.39, 0.29) is 13.0 Å². The summed E-state index contributed by atoms with van der Waals surface area (Å²) in [6.45, 7) is 1.72. The Morgan fingerprint density at radius 1 is 1.50 bits per heavy atom. The second-order valence-electron chi connectivity index (χ2n) is 6.03. The molecule has 2 aliphatic heterocycles. The van der Waals surface area contributed by atoms with E-state index < -0.39 is 54.3 Å². The van der Waals surface area contributed by atoms with Crippen LogP contribution in [0.3, 0.4) is 0 Å². The van der Waals surface area contributed by atoms with Crippen LogP contribution in [0.25, 0.3) is 0 Å². The summed E-state index contributed by atoms with van der Waals surface area (Å²) >= 11 is 0. The van der Waals surface area contributed by atoms with Gasteiger partial charge in [-0.25, -0.2) is 9.69 Å². The molecule has 3 amide bonds. The van der Waals surface area contributed by atoms with E-state index in [1.54, 1.807) is 0 Å². The lowest BCUT2D eigenvalue weighted by molar-refractivity contribution is -0.143. The van der Waals surface area contributed by atoms with Crippen LogP contribution in [0.4, 0.5) is 4.79 Å². The number of imide groups is 1. The Bertz CT molecular complexity index is 603. The number of urea groups is 1. The average molecular weight is 339 g/mol. The molecular weight excluding hydrogens is 318 g/mol. The second kappa shape index (κ2) is 6.49. The van der Waals surface area contributed by atoms with Gasteiger partial charge in [0.2, 0.25) is 5.91 Å². The van der Waals surface area contributed by atoms with Crippen LogP contribution in [-0.2, 0) is 14.3 Å². The lowest BCUT2D eigenvalue weighted by Crippen LogP contribution is -2.71. The van der Waals surface area contributed by atoms with E-state index in [4.69, 9.17) is 16.9 Å². The molecule has 0 spiro atoms. The maximum Gasteiger partial charge on any atom is 0.330 e. The van der Waals surface area contributed by atoms with Gasteiger partial charge in [0.05, 0.1) is 19.3 Å². The van der Waals surface area contributed by atoms with Crippen molar-refractivity contribution in [3.05, 3.63) is 0 Å². The van der Waals surface area contributed by atoms with E-state index in [1.807, 2.05) is 0 Å². The summed E-state index contributed by atoms with van der Waals surface area (Å²) in [5, 5.41) is 19.0. The molecule has 0 radical (unpaired) electrons. The van der Waals surface area contributed by atoms with Gasteiger partial charge in [0.25, 0.3) is 0 Å². The number of rotatable bonds is 3. The van der Waals surface area contributed by atoms with E-state index in [1.165, 1.54) is 6.92 Å². The Morgan fingerprint density at radius 3 is 2.54 bits per heavy atom. The van der Waals surface area contributed by atoms with Crippen LogP contribution >= 0.6 is 0 Å². The zero-order valence-electron chi connectivity index (χ0n) is 13.5. The fourth-order valence-electron chi connectivity index (χ4n) is 3.09. The molecule has 0 saturated carbocycles. The minimum absolute atomic E-state index is 0.0243.